The Morgan fingerprint density at radius 3 is 3.00 bits per heavy atom. The van der Waals surface area contributed by atoms with Gasteiger partial charge in [-0.05, 0) is 6.54 Å². The second-order valence-electron chi connectivity index (χ2n) is 3.01. The second kappa shape index (κ2) is 5.72. The van der Waals surface area contributed by atoms with Gasteiger partial charge in [0.05, 0.1) is 24.9 Å². The van der Waals surface area contributed by atoms with Gasteiger partial charge in [-0.2, -0.15) is 5.10 Å². The average molecular weight is 232 g/mol. The van der Waals surface area contributed by atoms with E-state index in [2.05, 4.69) is 15.2 Å². The third-order valence-corrected chi connectivity index (χ3v) is 2.10. The molecule has 0 amide bonds. The number of carbonyl (C=O) groups is 1. The molecule has 0 aliphatic carbocycles. The molecule has 0 saturated carbocycles. The fourth-order valence-electron chi connectivity index (χ4n) is 1.24. The van der Waals surface area contributed by atoms with Crippen LogP contribution in [0.5, 0.6) is 0 Å². The molecule has 0 saturated heterocycles. The molecule has 1 N–H and O–H groups in total. The highest BCUT2D eigenvalue weighted by Gasteiger charge is 2.18. The Kier molecular flexibility index (Phi) is 4.58. The minimum atomic E-state index is -0.393. The van der Waals surface area contributed by atoms with Crippen molar-refractivity contribution in [2.75, 3.05) is 13.7 Å². The molecule has 1 aromatic rings. The van der Waals surface area contributed by atoms with Crippen LogP contribution in [0, 0.1) is 0 Å². The van der Waals surface area contributed by atoms with Gasteiger partial charge in [0, 0.05) is 6.20 Å². The van der Waals surface area contributed by atoms with E-state index >= 15 is 0 Å². The lowest BCUT2D eigenvalue weighted by Gasteiger charge is -2.14. The van der Waals surface area contributed by atoms with E-state index in [0.29, 0.717) is 18.1 Å². The first-order chi connectivity index (χ1) is 7.17. The van der Waals surface area contributed by atoms with E-state index in [9.17, 15) is 4.79 Å². The summed E-state index contributed by atoms with van der Waals surface area (Å²) in [5.74, 6) is -0.302. The first kappa shape index (κ1) is 12.0. The molecule has 6 heteroatoms. The molecular weight excluding hydrogens is 218 g/mol. The standard InChI is InChI=1S/C9H14ClN3O2/c1-3-11-8(9(14)15-2)6-13-5-7(10)4-12-13/h4-5,8,11H,3,6H2,1-2H3. The fraction of sp³-hybridized carbons (Fsp3) is 0.556. The number of aromatic nitrogens is 2. The van der Waals surface area contributed by atoms with Crippen molar-refractivity contribution in [2.45, 2.75) is 19.5 Å². The van der Waals surface area contributed by atoms with Crippen LogP contribution in [0.4, 0.5) is 0 Å². The van der Waals surface area contributed by atoms with Crippen molar-refractivity contribution in [1.29, 1.82) is 0 Å². The first-order valence-corrected chi connectivity index (χ1v) is 5.04. The van der Waals surface area contributed by atoms with E-state index in [0.717, 1.165) is 0 Å². The number of hydrogen-bond donors (Lipinski definition) is 1. The van der Waals surface area contributed by atoms with Crippen LogP contribution >= 0.6 is 11.6 Å². The summed E-state index contributed by atoms with van der Waals surface area (Å²) in [6.07, 6.45) is 3.19. The molecule has 15 heavy (non-hydrogen) atoms. The Morgan fingerprint density at radius 1 is 1.80 bits per heavy atom. The van der Waals surface area contributed by atoms with Crippen molar-refractivity contribution in [1.82, 2.24) is 15.1 Å². The second-order valence-corrected chi connectivity index (χ2v) is 3.45. The first-order valence-electron chi connectivity index (χ1n) is 4.66. The zero-order valence-corrected chi connectivity index (χ0v) is 9.49. The van der Waals surface area contributed by atoms with Crippen molar-refractivity contribution in [3.63, 3.8) is 0 Å². The normalized spacial score (nSPS) is 12.5. The Morgan fingerprint density at radius 2 is 2.53 bits per heavy atom. The molecule has 0 aliphatic rings. The van der Waals surface area contributed by atoms with Crippen LogP contribution in [0.25, 0.3) is 0 Å². The molecule has 0 aliphatic heterocycles. The number of methoxy groups -OCH3 is 1. The average Bonchev–Trinajstić information content (AvgIpc) is 2.62. The predicted octanol–water partition coefficient (Wildman–Crippen LogP) is 0.688. The lowest BCUT2D eigenvalue weighted by molar-refractivity contribution is -0.143. The molecule has 1 atom stereocenters. The molecule has 1 unspecified atom stereocenters. The number of nitrogens with zero attached hydrogens (tertiary/aromatic N) is 2. The van der Waals surface area contributed by atoms with Crippen LogP contribution in [0.2, 0.25) is 5.02 Å². The predicted molar refractivity (Wildman–Crippen MR) is 56.7 cm³/mol. The Bertz CT molecular complexity index is 327. The van der Waals surface area contributed by atoms with Crippen molar-refractivity contribution < 1.29 is 9.53 Å². The van der Waals surface area contributed by atoms with Crippen LogP contribution in [0.15, 0.2) is 12.4 Å². The molecule has 0 spiro atoms. The summed E-state index contributed by atoms with van der Waals surface area (Å²) < 4.78 is 6.27. The van der Waals surface area contributed by atoms with E-state index in [4.69, 9.17) is 11.6 Å². The van der Waals surface area contributed by atoms with E-state index in [1.165, 1.54) is 13.3 Å². The highest BCUT2D eigenvalue weighted by atomic mass is 35.5. The van der Waals surface area contributed by atoms with E-state index in [1.54, 1.807) is 10.9 Å². The van der Waals surface area contributed by atoms with Gasteiger partial charge in [-0.1, -0.05) is 18.5 Å². The van der Waals surface area contributed by atoms with Crippen molar-refractivity contribution in [3.05, 3.63) is 17.4 Å². The molecule has 5 nitrogen and oxygen atoms in total. The van der Waals surface area contributed by atoms with E-state index < -0.39 is 6.04 Å². The van der Waals surface area contributed by atoms with Gasteiger partial charge in [0.1, 0.15) is 6.04 Å². The lowest BCUT2D eigenvalue weighted by Crippen LogP contribution is -2.41. The highest BCUT2D eigenvalue weighted by Crippen LogP contribution is 2.05. The number of hydrogen-bond acceptors (Lipinski definition) is 4. The molecule has 0 bridgehead atoms. The number of esters is 1. The fourth-order valence-corrected chi connectivity index (χ4v) is 1.39. The molecule has 84 valence electrons. The number of ether oxygens (including phenoxy) is 1. The summed E-state index contributed by atoms with van der Waals surface area (Å²) >= 11 is 5.71. The third kappa shape index (κ3) is 3.53. The van der Waals surface area contributed by atoms with Crippen LogP contribution < -0.4 is 5.32 Å². The van der Waals surface area contributed by atoms with Gasteiger partial charge in [0.2, 0.25) is 0 Å². The van der Waals surface area contributed by atoms with Gasteiger partial charge in [-0.3, -0.25) is 9.48 Å². The minimum Gasteiger partial charge on any atom is -0.468 e. The maximum absolute atomic E-state index is 11.4. The Labute approximate surface area is 93.4 Å². The number of nitrogens with one attached hydrogen (secondary N) is 1. The van der Waals surface area contributed by atoms with Crippen LogP contribution in [-0.2, 0) is 16.1 Å². The SMILES string of the molecule is CCNC(Cn1cc(Cl)cn1)C(=O)OC. The van der Waals surface area contributed by atoms with Crippen molar-refractivity contribution in [3.8, 4) is 0 Å². The van der Waals surface area contributed by atoms with Gasteiger partial charge in [0.15, 0.2) is 0 Å². The van der Waals surface area contributed by atoms with Gasteiger partial charge >= 0.3 is 5.97 Å². The summed E-state index contributed by atoms with van der Waals surface area (Å²) in [5, 5.41) is 7.56. The largest absolute Gasteiger partial charge is 0.468 e. The minimum absolute atomic E-state index is 0.302. The maximum atomic E-state index is 11.4. The molecular formula is C9H14ClN3O2. The van der Waals surface area contributed by atoms with Gasteiger partial charge in [-0.15, -0.1) is 0 Å². The monoisotopic (exact) mass is 231 g/mol. The third-order valence-electron chi connectivity index (χ3n) is 1.91. The molecule has 0 radical (unpaired) electrons. The number of carbonyl (C=O) groups excluding carboxylic acids is 1. The van der Waals surface area contributed by atoms with Crippen LogP contribution in [-0.4, -0.2) is 35.4 Å². The van der Waals surface area contributed by atoms with E-state index in [-0.39, 0.29) is 5.97 Å². The van der Waals surface area contributed by atoms with Crippen LogP contribution in [0.3, 0.4) is 0 Å². The number of rotatable bonds is 5. The summed E-state index contributed by atoms with van der Waals surface area (Å²) in [5.41, 5.74) is 0. The van der Waals surface area contributed by atoms with Crippen molar-refractivity contribution in [2.24, 2.45) is 0 Å². The molecule has 1 rings (SSSR count). The quantitative estimate of drug-likeness (QED) is 0.758. The van der Waals surface area contributed by atoms with Gasteiger partial charge in [0.25, 0.3) is 0 Å². The molecule has 0 aromatic carbocycles. The highest BCUT2D eigenvalue weighted by molar-refractivity contribution is 6.30. The smallest absolute Gasteiger partial charge is 0.324 e. The van der Waals surface area contributed by atoms with Crippen LogP contribution in [0.1, 0.15) is 6.92 Å². The molecule has 0 fully saturated rings. The van der Waals surface area contributed by atoms with Gasteiger partial charge < -0.3 is 10.1 Å². The lowest BCUT2D eigenvalue weighted by atomic mass is 10.3. The number of likely N-dealkylation sites (N-methyl/N-ethyl adjacent to an activating group) is 1. The maximum Gasteiger partial charge on any atom is 0.324 e. The molecule has 1 heterocycles. The topological polar surface area (TPSA) is 56.2 Å². The van der Waals surface area contributed by atoms with Crippen molar-refractivity contribution >= 4 is 17.6 Å². The summed E-state index contributed by atoms with van der Waals surface area (Å²) in [6.45, 7) is 3.02. The summed E-state index contributed by atoms with van der Waals surface area (Å²) in [4.78, 5) is 11.4. The Hall–Kier alpha value is -1.07. The number of halogens is 1. The zero-order chi connectivity index (χ0) is 11.3. The van der Waals surface area contributed by atoms with Gasteiger partial charge in [-0.25, -0.2) is 0 Å². The Balaban J connectivity index is 2.62. The summed E-state index contributed by atoms with van der Waals surface area (Å²) in [7, 11) is 1.36. The van der Waals surface area contributed by atoms with E-state index in [1.807, 2.05) is 6.92 Å². The molecule has 1 aromatic heterocycles. The zero-order valence-electron chi connectivity index (χ0n) is 8.74. The summed E-state index contributed by atoms with van der Waals surface area (Å²) in [6, 6.07) is -0.393.